The highest BCUT2D eigenvalue weighted by atomic mass is 19.1. The molecule has 72 valence electrons. The van der Waals surface area contributed by atoms with E-state index in [4.69, 9.17) is 5.73 Å². The number of benzene rings is 1. The number of hydrogen-bond donors (Lipinski definition) is 1. The summed E-state index contributed by atoms with van der Waals surface area (Å²) in [7, 11) is 0. The molecule has 1 rings (SSSR count). The molecule has 3 heteroatoms. The number of rotatable bonds is 3. The van der Waals surface area contributed by atoms with Crippen LogP contribution in [0.15, 0.2) is 18.2 Å². The molecule has 13 heavy (non-hydrogen) atoms. The van der Waals surface area contributed by atoms with Gasteiger partial charge in [0.05, 0.1) is 0 Å². The van der Waals surface area contributed by atoms with Gasteiger partial charge in [-0.3, -0.25) is 0 Å². The lowest BCUT2D eigenvalue weighted by Crippen LogP contribution is -2.15. The topological polar surface area (TPSA) is 26.0 Å². The molecule has 0 heterocycles. The summed E-state index contributed by atoms with van der Waals surface area (Å²) in [4.78, 5) is 0. The highest BCUT2D eigenvalue weighted by Gasteiger charge is 2.01. The van der Waals surface area contributed by atoms with Crippen LogP contribution in [0.25, 0.3) is 0 Å². The molecule has 1 aromatic carbocycles. The van der Waals surface area contributed by atoms with Crippen molar-refractivity contribution in [2.24, 2.45) is 5.73 Å². The van der Waals surface area contributed by atoms with Gasteiger partial charge in [-0.25, -0.2) is 8.78 Å². The van der Waals surface area contributed by atoms with Crippen molar-refractivity contribution in [2.75, 3.05) is 0 Å². The Hall–Kier alpha value is -0.960. The lowest BCUT2D eigenvalue weighted by Gasteiger charge is -2.04. The van der Waals surface area contributed by atoms with Gasteiger partial charge in [0.25, 0.3) is 0 Å². The molecule has 2 N–H and O–H groups in total. The van der Waals surface area contributed by atoms with Crippen molar-refractivity contribution < 1.29 is 8.78 Å². The van der Waals surface area contributed by atoms with Crippen molar-refractivity contribution in [1.82, 2.24) is 0 Å². The van der Waals surface area contributed by atoms with Crippen LogP contribution in [0.5, 0.6) is 0 Å². The summed E-state index contributed by atoms with van der Waals surface area (Å²) >= 11 is 0. The van der Waals surface area contributed by atoms with Gasteiger partial charge in [0.2, 0.25) is 0 Å². The summed E-state index contributed by atoms with van der Waals surface area (Å²) in [6, 6.07) is 3.61. The molecule has 0 amide bonds. The Morgan fingerprint density at radius 1 is 1.23 bits per heavy atom. The van der Waals surface area contributed by atoms with Crippen LogP contribution < -0.4 is 5.73 Å². The van der Waals surface area contributed by atoms with E-state index in [-0.39, 0.29) is 6.04 Å². The predicted octanol–water partition coefficient (Wildman–Crippen LogP) is 2.24. The first-order valence-corrected chi connectivity index (χ1v) is 4.28. The van der Waals surface area contributed by atoms with Crippen LogP contribution in [0.3, 0.4) is 0 Å². The van der Waals surface area contributed by atoms with Crippen LogP contribution in [0.2, 0.25) is 0 Å². The fourth-order valence-electron chi connectivity index (χ4n) is 1.15. The molecule has 0 unspecified atom stereocenters. The summed E-state index contributed by atoms with van der Waals surface area (Å²) < 4.78 is 25.4. The van der Waals surface area contributed by atoms with E-state index >= 15 is 0 Å². The molecule has 0 spiro atoms. The molecule has 0 saturated heterocycles. The van der Waals surface area contributed by atoms with Crippen molar-refractivity contribution >= 4 is 0 Å². The van der Waals surface area contributed by atoms with E-state index in [9.17, 15) is 8.78 Å². The second kappa shape index (κ2) is 4.33. The van der Waals surface area contributed by atoms with E-state index in [1.807, 2.05) is 6.92 Å². The number of nitrogens with two attached hydrogens (primary N) is 1. The van der Waals surface area contributed by atoms with Gasteiger partial charge >= 0.3 is 0 Å². The van der Waals surface area contributed by atoms with Crippen LogP contribution in [0, 0.1) is 11.6 Å². The number of hydrogen-bond acceptors (Lipinski definition) is 1. The molecular formula is C10H13F2N. The van der Waals surface area contributed by atoms with Crippen molar-refractivity contribution in [3.8, 4) is 0 Å². The van der Waals surface area contributed by atoms with Crippen LogP contribution in [0.1, 0.15) is 18.9 Å². The molecule has 0 bridgehead atoms. The minimum absolute atomic E-state index is 0.0614. The van der Waals surface area contributed by atoms with Crippen LogP contribution >= 0.6 is 0 Å². The smallest absolute Gasteiger partial charge is 0.126 e. The molecule has 0 saturated carbocycles. The quantitative estimate of drug-likeness (QED) is 0.767. The summed E-state index contributed by atoms with van der Waals surface area (Å²) in [6.07, 6.45) is 1.36. The van der Waals surface area contributed by atoms with E-state index in [1.165, 1.54) is 12.1 Å². The Morgan fingerprint density at radius 3 is 2.23 bits per heavy atom. The van der Waals surface area contributed by atoms with Crippen LogP contribution in [-0.4, -0.2) is 6.04 Å². The third kappa shape index (κ3) is 3.51. The summed E-state index contributed by atoms with van der Waals surface area (Å²) in [5, 5.41) is 0. The maximum atomic E-state index is 12.7. The Labute approximate surface area is 76.6 Å². The van der Waals surface area contributed by atoms with Gasteiger partial charge in [-0.1, -0.05) is 0 Å². The first-order valence-electron chi connectivity index (χ1n) is 4.28. The Kier molecular flexibility index (Phi) is 3.37. The van der Waals surface area contributed by atoms with Gasteiger partial charge < -0.3 is 5.73 Å². The molecule has 0 aliphatic heterocycles. The van der Waals surface area contributed by atoms with Gasteiger partial charge in [0.1, 0.15) is 11.6 Å². The van der Waals surface area contributed by atoms with E-state index in [0.717, 1.165) is 12.5 Å². The Balaban J connectivity index is 2.66. The second-order valence-corrected chi connectivity index (χ2v) is 3.29. The third-order valence-corrected chi connectivity index (χ3v) is 1.81. The number of aryl methyl sites for hydroxylation is 1. The van der Waals surface area contributed by atoms with Crippen molar-refractivity contribution in [2.45, 2.75) is 25.8 Å². The molecule has 1 aromatic rings. The van der Waals surface area contributed by atoms with Gasteiger partial charge in [-0.15, -0.1) is 0 Å². The fourth-order valence-corrected chi connectivity index (χ4v) is 1.15. The van der Waals surface area contributed by atoms with Crippen LogP contribution in [-0.2, 0) is 6.42 Å². The zero-order valence-corrected chi connectivity index (χ0v) is 7.56. The lowest BCUT2D eigenvalue weighted by atomic mass is 10.1. The SMILES string of the molecule is C[C@@H](N)CCc1cc(F)cc(F)c1. The van der Waals surface area contributed by atoms with Gasteiger partial charge in [-0.2, -0.15) is 0 Å². The largest absolute Gasteiger partial charge is 0.328 e. The van der Waals surface area contributed by atoms with Gasteiger partial charge in [0.15, 0.2) is 0 Å². The molecule has 1 nitrogen and oxygen atoms in total. The lowest BCUT2D eigenvalue weighted by molar-refractivity contribution is 0.576. The highest BCUT2D eigenvalue weighted by Crippen LogP contribution is 2.10. The third-order valence-electron chi connectivity index (χ3n) is 1.81. The number of halogens is 2. The van der Waals surface area contributed by atoms with E-state index in [0.29, 0.717) is 12.0 Å². The molecule has 1 atom stereocenters. The average Bonchev–Trinajstić information content (AvgIpc) is 1.99. The molecule has 0 aromatic heterocycles. The molecule has 0 aliphatic carbocycles. The molecular weight excluding hydrogens is 172 g/mol. The Morgan fingerprint density at radius 2 is 1.77 bits per heavy atom. The van der Waals surface area contributed by atoms with E-state index < -0.39 is 11.6 Å². The first kappa shape index (κ1) is 10.1. The monoisotopic (exact) mass is 185 g/mol. The molecule has 0 radical (unpaired) electrons. The highest BCUT2D eigenvalue weighted by molar-refractivity contribution is 5.17. The minimum Gasteiger partial charge on any atom is -0.328 e. The van der Waals surface area contributed by atoms with Crippen molar-refractivity contribution in [1.29, 1.82) is 0 Å². The van der Waals surface area contributed by atoms with E-state index in [1.54, 1.807) is 0 Å². The second-order valence-electron chi connectivity index (χ2n) is 3.29. The maximum absolute atomic E-state index is 12.7. The fraction of sp³-hybridized carbons (Fsp3) is 0.400. The average molecular weight is 185 g/mol. The summed E-state index contributed by atoms with van der Waals surface area (Å²) in [5.74, 6) is -1.06. The predicted molar refractivity (Wildman–Crippen MR) is 48.3 cm³/mol. The van der Waals surface area contributed by atoms with Gasteiger partial charge in [-0.05, 0) is 37.5 Å². The zero-order chi connectivity index (χ0) is 9.84. The Bertz CT molecular complexity index is 264. The minimum atomic E-state index is -0.528. The van der Waals surface area contributed by atoms with Gasteiger partial charge in [0, 0.05) is 12.1 Å². The molecule has 0 fully saturated rings. The summed E-state index contributed by atoms with van der Waals surface area (Å²) in [6.45, 7) is 1.87. The van der Waals surface area contributed by atoms with Crippen molar-refractivity contribution in [3.63, 3.8) is 0 Å². The summed E-state index contributed by atoms with van der Waals surface area (Å²) in [5.41, 5.74) is 6.19. The van der Waals surface area contributed by atoms with Crippen LogP contribution in [0.4, 0.5) is 8.78 Å². The zero-order valence-electron chi connectivity index (χ0n) is 7.56. The van der Waals surface area contributed by atoms with Crippen molar-refractivity contribution in [3.05, 3.63) is 35.4 Å². The molecule has 0 aliphatic rings. The first-order chi connectivity index (χ1) is 6.08. The standard InChI is InChI=1S/C10H13F2N/c1-7(13)2-3-8-4-9(11)6-10(12)5-8/h4-7H,2-3,13H2,1H3/t7-/m1/s1. The normalized spacial score (nSPS) is 12.9. The van der Waals surface area contributed by atoms with E-state index in [2.05, 4.69) is 0 Å². The maximum Gasteiger partial charge on any atom is 0.126 e.